The minimum absolute atomic E-state index is 0.733. The smallest absolute Gasteiger partial charge is 0.141 e. The van der Waals surface area contributed by atoms with Crippen LogP contribution in [0, 0.1) is 13.8 Å². The molecular formula is C16H20N2O. The topological polar surface area (TPSA) is 47.3 Å². The van der Waals surface area contributed by atoms with Crippen LogP contribution in [0.5, 0.6) is 5.75 Å². The molecule has 3 heteroatoms. The molecule has 0 aliphatic heterocycles. The summed E-state index contributed by atoms with van der Waals surface area (Å²) in [5.41, 5.74) is 11.2. The van der Waals surface area contributed by atoms with Crippen LogP contribution in [-0.4, -0.2) is 7.11 Å². The standard InChI is InChI=1S/C16H20N2O/c1-11-4-7-16(19-3)15(8-11)18-10-13-9-14(17)6-5-12(13)2/h4-9,18H,10,17H2,1-3H3. The van der Waals surface area contributed by atoms with E-state index in [1.165, 1.54) is 16.7 Å². The number of hydrogen-bond donors (Lipinski definition) is 2. The molecule has 3 N–H and O–H groups in total. The van der Waals surface area contributed by atoms with Crippen LogP contribution in [0.25, 0.3) is 0 Å². The number of nitrogens with two attached hydrogens (primary N) is 1. The molecule has 3 nitrogen and oxygen atoms in total. The molecule has 0 radical (unpaired) electrons. The highest BCUT2D eigenvalue weighted by Crippen LogP contribution is 2.26. The fraction of sp³-hybridized carbons (Fsp3) is 0.250. The zero-order chi connectivity index (χ0) is 13.8. The highest BCUT2D eigenvalue weighted by molar-refractivity contribution is 5.58. The third kappa shape index (κ3) is 3.19. The number of benzene rings is 2. The first-order valence-corrected chi connectivity index (χ1v) is 6.33. The lowest BCUT2D eigenvalue weighted by Gasteiger charge is -2.13. The minimum Gasteiger partial charge on any atom is -0.495 e. The summed E-state index contributed by atoms with van der Waals surface area (Å²) in [6.07, 6.45) is 0. The van der Waals surface area contributed by atoms with E-state index < -0.39 is 0 Å². The van der Waals surface area contributed by atoms with Crippen LogP contribution in [0.3, 0.4) is 0 Å². The molecule has 0 amide bonds. The van der Waals surface area contributed by atoms with Gasteiger partial charge in [-0.25, -0.2) is 0 Å². The van der Waals surface area contributed by atoms with Crippen molar-refractivity contribution in [1.82, 2.24) is 0 Å². The molecule has 0 fully saturated rings. The second kappa shape index (κ2) is 5.65. The number of nitrogens with one attached hydrogen (secondary N) is 1. The predicted octanol–water partition coefficient (Wildman–Crippen LogP) is 3.51. The van der Waals surface area contributed by atoms with Gasteiger partial charge in [-0.3, -0.25) is 0 Å². The van der Waals surface area contributed by atoms with E-state index in [1.807, 2.05) is 30.3 Å². The van der Waals surface area contributed by atoms with Crippen LogP contribution in [0.2, 0.25) is 0 Å². The summed E-state index contributed by atoms with van der Waals surface area (Å²) in [6, 6.07) is 12.1. The van der Waals surface area contributed by atoms with Crippen LogP contribution in [0.1, 0.15) is 16.7 Å². The molecule has 2 aromatic rings. The van der Waals surface area contributed by atoms with Crippen molar-refractivity contribution in [2.45, 2.75) is 20.4 Å². The van der Waals surface area contributed by atoms with Gasteiger partial charge in [0.25, 0.3) is 0 Å². The molecule has 0 saturated heterocycles. The molecule has 0 bridgehead atoms. The molecule has 19 heavy (non-hydrogen) atoms. The van der Waals surface area contributed by atoms with Gasteiger partial charge in [0.2, 0.25) is 0 Å². The number of anilines is 2. The van der Waals surface area contributed by atoms with Gasteiger partial charge in [-0.05, 0) is 54.8 Å². The second-order valence-corrected chi connectivity index (χ2v) is 4.74. The lowest BCUT2D eigenvalue weighted by molar-refractivity contribution is 0.416. The Labute approximate surface area is 114 Å². The Bertz CT molecular complexity index is 579. The zero-order valence-corrected chi connectivity index (χ0v) is 11.7. The molecule has 0 saturated carbocycles. The van der Waals surface area contributed by atoms with E-state index in [0.29, 0.717) is 0 Å². The van der Waals surface area contributed by atoms with Crippen molar-refractivity contribution in [3.05, 3.63) is 53.1 Å². The molecule has 0 aromatic heterocycles. The normalized spacial score (nSPS) is 10.3. The summed E-state index contributed by atoms with van der Waals surface area (Å²) in [4.78, 5) is 0. The number of nitrogen functional groups attached to an aromatic ring is 1. The summed E-state index contributed by atoms with van der Waals surface area (Å²) < 4.78 is 5.36. The number of methoxy groups -OCH3 is 1. The van der Waals surface area contributed by atoms with Gasteiger partial charge >= 0.3 is 0 Å². The molecule has 0 heterocycles. The monoisotopic (exact) mass is 256 g/mol. The maximum Gasteiger partial charge on any atom is 0.141 e. The fourth-order valence-corrected chi connectivity index (χ4v) is 2.03. The number of rotatable bonds is 4. The van der Waals surface area contributed by atoms with Crippen LogP contribution in [0.4, 0.5) is 11.4 Å². The van der Waals surface area contributed by atoms with Gasteiger partial charge < -0.3 is 15.8 Å². The maximum atomic E-state index is 5.82. The Kier molecular flexibility index (Phi) is 3.95. The summed E-state index contributed by atoms with van der Waals surface area (Å²) >= 11 is 0. The Morgan fingerprint density at radius 3 is 2.63 bits per heavy atom. The van der Waals surface area contributed by atoms with E-state index in [2.05, 4.69) is 25.2 Å². The van der Waals surface area contributed by atoms with Gasteiger partial charge in [0.15, 0.2) is 0 Å². The molecule has 0 spiro atoms. The predicted molar refractivity (Wildman–Crippen MR) is 80.6 cm³/mol. The van der Waals surface area contributed by atoms with Crippen molar-refractivity contribution in [3.8, 4) is 5.75 Å². The minimum atomic E-state index is 0.733. The van der Waals surface area contributed by atoms with Crippen LogP contribution < -0.4 is 15.8 Å². The summed E-state index contributed by atoms with van der Waals surface area (Å²) in [5, 5.41) is 3.41. The van der Waals surface area contributed by atoms with E-state index in [4.69, 9.17) is 10.5 Å². The van der Waals surface area contributed by atoms with Crippen molar-refractivity contribution in [3.63, 3.8) is 0 Å². The average molecular weight is 256 g/mol. The van der Waals surface area contributed by atoms with Crippen molar-refractivity contribution in [1.29, 1.82) is 0 Å². The molecule has 0 aliphatic rings. The summed E-state index contributed by atoms with van der Waals surface area (Å²) in [5.74, 6) is 0.854. The van der Waals surface area contributed by atoms with Gasteiger partial charge in [-0.15, -0.1) is 0 Å². The number of ether oxygens (including phenoxy) is 1. The Morgan fingerprint density at radius 1 is 1.11 bits per heavy atom. The van der Waals surface area contributed by atoms with Crippen LogP contribution in [-0.2, 0) is 6.54 Å². The highest BCUT2D eigenvalue weighted by atomic mass is 16.5. The SMILES string of the molecule is COc1ccc(C)cc1NCc1cc(N)ccc1C. The Morgan fingerprint density at radius 2 is 1.89 bits per heavy atom. The van der Waals surface area contributed by atoms with Crippen molar-refractivity contribution in [2.75, 3.05) is 18.2 Å². The van der Waals surface area contributed by atoms with Crippen molar-refractivity contribution in [2.24, 2.45) is 0 Å². The lowest BCUT2D eigenvalue weighted by atomic mass is 10.1. The van der Waals surface area contributed by atoms with Gasteiger partial charge in [0, 0.05) is 12.2 Å². The molecule has 0 unspecified atom stereocenters. The Hall–Kier alpha value is -2.16. The first kappa shape index (κ1) is 13.3. The van der Waals surface area contributed by atoms with Crippen LogP contribution in [0.15, 0.2) is 36.4 Å². The number of hydrogen-bond acceptors (Lipinski definition) is 3. The van der Waals surface area contributed by atoms with Gasteiger partial charge in [-0.2, -0.15) is 0 Å². The molecule has 0 atom stereocenters. The third-order valence-electron chi connectivity index (χ3n) is 3.20. The zero-order valence-electron chi connectivity index (χ0n) is 11.7. The Balaban J connectivity index is 2.18. The molecular weight excluding hydrogens is 236 g/mol. The first-order valence-electron chi connectivity index (χ1n) is 6.33. The van der Waals surface area contributed by atoms with E-state index in [-0.39, 0.29) is 0 Å². The number of aryl methyl sites for hydroxylation is 2. The van der Waals surface area contributed by atoms with Crippen LogP contribution >= 0.6 is 0 Å². The van der Waals surface area contributed by atoms with Gasteiger partial charge in [0.1, 0.15) is 5.75 Å². The quantitative estimate of drug-likeness (QED) is 0.823. The third-order valence-corrected chi connectivity index (χ3v) is 3.20. The average Bonchev–Trinajstić information content (AvgIpc) is 2.40. The highest BCUT2D eigenvalue weighted by Gasteiger charge is 2.04. The van der Waals surface area contributed by atoms with E-state index >= 15 is 0 Å². The fourth-order valence-electron chi connectivity index (χ4n) is 2.03. The largest absolute Gasteiger partial charge is 0.495 e. The maximum absolute atomic E-state index is 5.82. The lowest BCUT2D eigenvalue weighted by Crippen LogP contribution is -2.04. The van der Waals surface area contributed by atoms with Gasteiger partial charge in [0.05, 0.1) is 12.8 Å². The molecule has 0 aliphatic carbocycles. The van der Waals surface area contributed by atoms with Crippen molar-refractivity contribution < 1.29 is 4.74 Å². The first-order chi connectivity index (χ1) is 9.10. The summed E-state index contributed by atoms with van der Waals surface area (Å²) in [6.45, 7) is 4.89. The van der Waals surface area contributed by atoms with E-state index in [9.17, 15) is 0 Å². The van der Waals surface area contributed by atoms with Crippen molar-refractivity contribution >= 4 is 11.4 Å². The molecule has 100 valence electrons. The molecule has 2 aromatic carbocycles. The molecule has 2 rings (SSSR count). The second-order valence-electron chi connectivity index (χ2n) is 4.74. The summed E-state index contributed by atoms with van der Waals surface area (Å²) in [7, 11) is 1.68. The van der Waals surface area contributed by atoms with E-state index in [1.54, 1.807) is 7.11 Å². The van der Waals surface area contributed by atoms with E-state index in [0.717, 1.165) is 23.7 Å². The van der Waals surface area contributed by atoms with Gasteiger partial charge in [-0.1, -0.05) is 12.1 Å².